The van der Waals surface area contributed by atoms with Crippen LogP contribution >= 0.6 is 0 Å². The van der Waals surface area contributed by atoms with Crippen LogP contribution < -0.4 is 15.6 Å². The topological polar surface area (TPSA) is 63.2 Å². The monoisotopic (exact) mass is 242 g/mol. The fourth-order valence-corrected chi connectivity index (χ4v) is 1.90. The molecule has 0 aromatic carbocycles. The predicted molar refractivity (Wildman–Crippen MR) is 71.4 cm³/mol. The third kappa shape index (κ3) is 1.77. The van der Waals surface area contributed by atoms with Gasteiger partial charge in [-0.2, -0.15) is 4.68 Å². The third-order valence-corrected chi connectivity index (χ3v) is 2.80. The fraction of sp³-hybridized carbons (Fsp3) is 0.167. The molecule has 18 heavy (non-hydrogen) atoms. The summed E-state index contributed by atoms with van der Waals surface area (Å²) in [6, 6.07) is 0. The Balaban J connectivity index is 1.88. The molecule has 3 rings (SSSR count). The van der Waals surface area contributed by atoms with Crippen molar-refractivity contribution in [3.63, 3.8) is 0 Å². The van der Waals surface area contributed by atoms with Crippen LogP contribution in [0.5, 0.6) is 0 Å². The van der Waals surface area contributed by atoms with Gasteiger partial charge in [0, 0.05) is 25.5 Å². The first-order valence-electron chi connectivity index (χ1n) is 5.77. The molecule has 0 saturated heterocycles. The van der Waals surface area contributed by atoms with Gasteiger partial charge in [0.05, 0.1) is 0 Å². The molecule has 0 amide bonds. The van der Waals surface area contributed by atoms with Crippen molar-refractivity contribution in [1.82, 2.24) is 14.9 Å². The van der Waals surface area contributed by atoms with E-state index in [4.69, 9.17) is 5.84 Å². The first kappa shape index (κ1) is 10.6. The summed E-state index contributed by atoms with van der Waals surface area (Å²) in [6.07, 6.45) is 15.8. The minimum absolute atomic E-state index is 0.633. The normalized spacial score (nSPS) is 17.8. The summed E-state index contributed by atoms with van der Waals surface area (Å²) >= 11 is 0. The van der Waals surface area contributed by atoms with Crippen LogP contribution in [-0.2, 0) is 0 Å². The van der Waals surface area contributed by atoms with Gasteiger partial charge in [0.15, 0.2) is 0 Å². The molecule has 0 saturated carbocycles. The van der Waals surface area contributed by atoms with E-state index < -0.39 is 0 Å². The van der Waals surface area contributed by atoms with Crippen molar-refractivity contribution in [3.05, 3.63) is 48.9 Å². The number of nitrogens with two attached hydrogens (primary N) is 1. The van der Waals surface area contributed by atoms with E-state index in [1.165, 1.54) is 4.68 Å². The summed E-state index contributed by atoms with van der Waals surface area (Å²) in [7, 11) is 0. The molecule has 0 radical (unpaired) electrons. The Morgan fingerprint density at radius 2 is 1.33 bits per heavy atom. The van der Waals surface area contributed by atoms with E-state index in [-0.39, 0.29) is 0 Å². The van der Waals surface area contributed by atoms with Gasteiger partial charge >= 0.3 is 0 Å². The quantitative estimate of drug-likeness (QED) is 0.776. The second kappa shape index (κ2) is 4.40. The zero-order valence-electron chi connectivity index (χ0n) is 9.85. The molecule has 6 heteroatoms. The van der Waals surface area contributed by atoms with Gasteiger partial charge in [0.2, 0.25) is 0 Å². The Hall–Kier alpha value is -2.50. The third-order valence-electron chi connectivity index (χ3n) is 2.80. The fourth-order valence-electron chi connectivity index (χ4n) is 1.90. The van der Waals surface area contributed by atoms with Crippen molar-refractivity contribution in [2.75, 3.05) is 28.7 Å². The highest BCUT2D eigenvalue weighted by Crippen LogP contribution is 2.19. The summed E-state index contributed by atoms with van der Waals surface area (Å²) in [5.41, 5.74) is 0. The van der Waals surface area contributed by atoms with Gasteiger partial charge in [-0.05, 0) is 12.2 Å². The Morgan fingerprint density at radius 3 is 1.72 bits per heavy atom. The molecule has 3 heterocycles. The second-order valence-electron chi connectivity index (χ2n) is 4.01. The lowest BCUT2D eigenvalue weighted by Crippen LogP contribution is -2.28. The van der Waals surface area contributed by atoms with Crippen molar-refractivity contribution < 1.29 is 0 Å². The van der Waals surface area contributed by atoms with Crippen molar-refractivity contribution in [2.45, 2.75) is 0 Å². The number of aromatic nitrogens is 3. The smallest absolute Gasteiger partial charge is 0.251 e. The van der Waals surface area contributed by atoms with Crippen LogP contribution in [0.4, 0.5) is 11.9 Å². The molecule has 92 valence electrons. The molecular weight excluding hydrogens is 228 g/mol. The highest BCUT2D eigenvalue weighted by atomic mass is 15.5. The molecular formula is C12H14N6. The van der Waals surface area contributed by atoms with Gasteiger partial charge in [-0.1, -0.05) is 24.3 Å². The molecule has 0 spiro atoms. The van der Waals surface area contributed by atoms with Gasteiger partial charge in [0.25, 0.3) is 11.9 Å². The summed E-state index contributed by atoms with van der Waals surface area (Å²) in [4.78, 5) is 3.89. The zero-order chi connectivity index (χ0) is 12.4. The number of anilines is 2. The first-order valence-corrected chi connectivity index (χ1v) is 5.77. The van der Waals surface area contributed by atoms with Crippen LogP contribution in [-0.4, -0.2) is 28.0 Å². The maximum absolute atomic E-state index is 6.06. The van der Waals surface area contributed by atoms with Crippen LogP contribution in [0.2, 0.25) is 0 Å². The lowest BCUT2D eigenvalue weighted by molar-refractivity contribution is 0.882. The van der Waals surface area contributed by atoms with E-state index in [9.17, 15) is 0 Å². The Kier molecular flexibility index (Phi) is 2.60. The lowest BCUT2D eigenvalue weighted by atomic mass is 10.3. The predicted octanol–water partition coefficient (Wildman–Crippen LogP) is 0.772. The van der Waals surface area contributed by atoms with Crippen LogP contribution in [0.25, 0.3) is 0 Å². The standard InChI is InChI=1S/C12H14N6/c13-18-11(16-7-3-1-4-8-16)14-15-12(18)17-9-5-2-6-10-17/h1-7,9H,8,10,13H2. The molecule has 0 fully saturated rings. The highest BCUT2D eigenvalue weighted by molar-refractivity contribution is 5.48. The van der Waals surface area contributed by atoms with Gasteiger partial charge in [-0.25, -0.2) is 0 Å². The summed E-state index contributed by atoms with van der Waals surface area (Å²) in [6.45, 7) is 1.50. The molecule has 2 N–H and O–H groups in total. The zero-order valence-corrected chi connectivity index (χ0v) is 9.85. The number of hydrogen-bond donors (Lipinski definition) is 1. The molecule has 6 nitrogen and oxygen atoms in total. The van der Waals surface area contributed by atoms with Crippen molar-refractivity contribution in [1.29, 1.82) is 0 Å². The molecule has 2 aliphatic heterocycles. The SMILES string of the molecule is Nn1c(N2C=CC=CC2)nnc1N1C=CC=CC1. The van der Waals surface area contributed by atoms with Gasteiger partial charge in [-0.3, -0.25) is 0 Å². The number of hydrogen-bond acceptors (Lipinski definition) is 5. The molecule has 0 atom stereocenters. The van der Waals surface area contributed by atoms with Crippen molar-refractivity contribution >= 4 is 11.9 Å². The largest absolute Gasteiger partial charge is 0.333 e. The number of nitrogen functional groups attached to an aromatic ring is 1. The summed E-state index contributed by atoms with van der Waals surface area (Å²) in [5, 5.41) is 8.29. The van der Waals surface area contributed by atoms with E-state index in [1.807, 2.05) is 58.7 Å². The van der Waals surface area contributed by atoms with E-state index in [0.717, 1.165) is 13.1 Å². The summed E-state index contributed by atoms with van der Waals surface area (Å²) < 4.78 is 1.51. The number of allylic oxidation sites excluding steroid dienone is 4. The molecule has 1 aromatic rings. The van der Waals surface area contributed by atoms with Gasteiger partial charge in [-0.15, -0.1) is 10.2 Å². The van der Waals surface area contributed by atoms with Gasteiger partial charge in [0.1, 0.15) is 0 Å². The Labute approximate surface area is 105 Å². The van der Waals surface area contributed by atoms with E-state index in [0.29, 0.717) is 11.9 Å². The van der Waals surface area contributed by atoms with Gasteiger partial charge < -0.3 is 15.6 Å². The minimum Gasteiger partial charge on any atom is -0.333 e. The molecule has 1 aromatic heterocycles. The molecule has 0 aliphatic carbocycles. The second-order valence-corrected chi connectivity index (χ2v) is 4.01. The van der Waals surface area contributed by atoms with Crippen molar-refractivity contribution in [2.24, 2.45) is 0 Å². The van der Waals surface area contributed by atoms with E-state index in [2.05, 4.69) is 10.2 Å². The maximum atomic E-state index is 6.06. The van der Waals surface area contributed by atoms with Crippen LogP contribution in [0.1, 0.15) is 0 Å². The number of nitrogens with zero attached hydrogens (tertiary/aromatic N) is 5. The minimum atomic E-state index is 0.633. The molecule has 2 aliphatic rings. The molecule has 0 bridgehead atoms. The van der Waals surface area contributed by atoms with E-state index >= 15 is 0 Å². The van der Waals surface area contributed by atoms with Crippen LogP contribution in [0.15, 0.2) is 48.9 Å². The Bertz CT molecular complexity index is 503. The summed E-state index contributed by atoms with van der Waals surface area (Å²) in [5.74, 6) is 7.32. The molecule has 0 unspecified atom stereocenters. The number of rotatable bonds is 2. The lowest BCUT2D eigenvalue weighted by Gasteiger charge is -2.21. The highest BCUT2D eigenvalue weighted by Gasteiger charge is 2.18. The Morgan fingerprint density at radius 1 is 0.833 bits per heavy atom. The average Bonchev–Trinajstić information content (AvgIpc) is 2.83. The first-order chi connectivity index (χ1) is 8.86. The van der Waals surface area contributed by atoms with Crippen LogP contribution in [0.3, 0.4) is 0 Å². The average molecular weight is 242 g/mol. The van der Waals surface area contributed by atoms with E-state index in [1.54, 1.807) is 0 Å². The maximum Gasteiger partial charge on any atom is 0.251 e. The van der Waals surface area contributed by atoms with Crippen molar-refractivity contribution in [3.8, 4) is 0 Å². The van der Waals surface area contributed by atoms with Crippen LogP contribution in [0, 0.1) is 0 Å².